The number of anilines is 2. The van der Waals surface area contributed by atoms with E-state index in [1.807, 2.05) is 13.8 Å². The Bertz CT molecular complexity index is 437. The lowest BCUT2D eigenvalue weighted by molar-refractivity contribution is 0.137. The smallest absolute Gasteiger partial charge is 0.231 e. The van der Waals surface area contributed by atoms with E-state index in [0.29, 0.717) is 18.4 Å². The fourth-order valence-electron chi connectivity index (χ4n) is 2.09. The molecule has 0 spiro atoms. The lowest BCUT2D eigenvalue weighted by Crippen LogP contribution is -2.31. The first-order valence-corrected chi connectivity index (χ1v) is 7.52. The van der Waals surface area contributed by atoms with Gasteiger partial charge in [-0.05, 0) is 36.8 Å². The summed E-state index contributed by atoms with van der Waals surface area (Å²) in [7, 11) is 0. The molecule has 20 heavy (non-hydrogen) atoms. The second-order valence-corrected chi connectivity index (χ2v) is 5.81. The molecule has 0 radical (unpaired) electrons. The van der Waals surface area contributed by atoms with Crippen LogP contribution in [0.1, 0.15) is 33.1 Å². The van der Waals surface area contributed by atoms with Gasteiger partial charge in [0.1, 0.15) is 0 Å². The van der Waals surface area contributed by atoms with E-state index < -0.39 is 6.10 Å². The molecule has 1 atom stereocenters. The molecule has 1 aromatic rings. The normalized spacial score (nSPS) is 17.4. The summed E-state index contributed by atoms with van der Waals surface area (Å²) < 4.78 is 0. The highest BCUT2D eigenvalue weighted by Gasteiger charge is 2.16. The van der Waals surface area contributed by atoms with Gasteiger partial charge in [0.15, 0.2) is 0 Å². The van der Waals surface area contributed by atoms with Crippen molar-refractivity contribution in [2.45, 2.75) is 39.2 Å². The van der Waals surface area contributed by atoms with Crippen LogP contribution < -0.4 is 10.2 Å². The van der Waals surface area contributed by atoms with Crippen LogP contribution in [0.25, 0.3) is 0 Å². The molecule has 0 amide bonds. The molecule has 1 aliphatic rings. The molecule has 1 saturated heterocycles. The number of aromatic nitrogens is 3. The minimum Gasteiger partial charge on any atom is -0.391 e. The lowest BCUT2D eigenvalue weighted by Gasteiger charge is -2.26. The van der Waals surface area contributed by atoms with E-state index >= 15 is 0 Å². The van der Waals surface area contributed by atoms with E-state index in [0.717, 1.165) is 25.9 Å². The van der Waals surface area contributed by atoms with Gasteiger partial charge in [-0.25, -0.2) is 0 Å². The maximum Gasteiger partial charge on any atom is 0.231 e. The van der Waals surface area contributed by atoms with Crippen LogP contribution in [-0.4, -0.2) is 45.8 Å². The van der Waals surface area contributed by atoms with Gasteiger partial charge < -0.3 is 15.3 Å². The van der Waals surface area contributed by atoms with Gasteiger partial charge in [0, 0.05) is 19.6 Å². The second-order valence-electron chi connectivity index (χ2n) is 5.47. The minimum atomic E-state index is -0.441. The highest BCUT2D eigenvalue weighted by molar-refractivity contribution is 6.28. The number of piperidine rings is 1. The maximum atomic E-state index is 9.80. The zero-order valence-corrected chi connectivity index (χ0v) is 12.8. The summed E-state index contributed by atoms with van der Waals surface area (Å²) in [5.74, 6) is 1.22. The van der Waals surface area contributed by atoms with Crippen molar-refractivity contribution in [3.8, 4) is 0 Å². The first-order valence-electron chi connectivity index (χ1n) is 7.14. The standard InChI is InChI=1S/C13H22ClN5O/c1-9(2)10(20)8-15-12-16-11(14)17-13(18-12)19-6-4-3-5-7-19/h9-10,20H,3-8H2,1-2H3,(H,15,16,17,18). The zero-order chi connectivity index (χ0) is 14.5. The van der Waals surface area contributed by atoms with Gasteiger partial charge in [-0.15, -0.1) is 0 Å². The van der Waals surface area contributed by atoms with Gasteiger partial charge in [0.25, 0.3) is 0 Å². The second kappa shape index (κ2) is 7.04. The molecule has 1 aromatic heterocycles. The van der Waals surface area contributed by atoms with Crippen molar-refractivity contribution in [2.24, 2.45) is 5.92 Å². The van der Waals surface area contributed by atoms with Crippen LogP contribution in [0.2, 0.25) is 5.28 Å². The summed E-state index contributed by atoms with van der Waals surface area (Å²) in [6.07, 6.45) is 3.11. The van der Waals surface area contributed by atoms with Gasteiger partial charge in [0.2, 0.25) is 17.2 Å². The largest absolute Gasteiger partial charge is 0.391 e. The van der Waals surface area contributed by atoms with Crippen LogP contribution in [0.5, 0.6) is 0 Å². The molecule has 112 valence electrons. The molecule has 2 heterocycles. The van der Waals surface area contributed by atoms with Crippen molar-refractivity contribution in [1.29, 1.82) is 0 Å². The van der Waals surface area contributed by atoms with Crippen LogP contribution in [0.4, 0.5) is 11.9 Å². The number of rotatable bonds is 5. The Morgan fingerprint density at radius 3 is 2.55 bits per heavy atom. The Labute approximate surface area is 124 Å². The number of aliphatic hydroxyl groups excluding tert-OH is 1. The lowest BCUT2D eigenvalue weighted by atomic mass is 10.1. The summed E-state index contributed by atoms with van der Waals surface area (Å²) in [5.41, 5.74) is 0. The highest BCUT2D eigenvalue weighted by Crippen LogP contribution is 2.18. The van der Waals surface area contributed by atoms with E-state index in [9.17, 15) is 5.11 Å². The predicted octanol–water partition coefficient (Wildman–Crippen LogP) is 1.94. The van der Waals surface area contributed by atoms with Gasteiger partial charge in [-0.2, -0.15) is 15.0 Å². The number of aliphatic hydroxyl groups is 1. The highest BCUT2D eigenvalue weighted by atomic mass is 35.5. The molecule has 7 heteroatoms. The quantitative estimate of drug-likeness (QED) is 0.865. The third-order valence-electron chi connectivity index (χ3n) is 3.47. The Balaban J connectivity index is 2.04. The molecule has 0 bridgehead atoms. The van der Waals surface area contributed by atoms with E-state index in [2.05, 4.69) is 25.2 Å². The van der Waals surface area contributed by atoms with Gasteiger partial charge in [-0.3, -0.25) is 0 Å². The zero-order valence-electron chi connectivity index (χ0n) is 12.0. The van der Waals surface area contributed by atoms with Crippen LogP contribution >= 0.6 is 11.6 Å². The van der Waals surface area contributed by atoms with Crippen LogP contribution in [0.15, 0.2) is 0 Å². The van der Waals surface area contributed by atoms with E-state index in [1.54, 1.807) is 0 Å². The Kier molecular flexibility index (Phi) is 5.37. The first-order chi connectivity index (χ1) is 9.56. The Hall–Kier alpha value is -1.14. The monoisotopic (exact) mass is 299 g/mol. The van der Waals surface area contributed by atoms with Crippen LogP contribution in [0, 0.1) is 5.92 Å². The van der Waals surface area contributed by atoms with E-state index in [4.69, 9.17) is 11.6 Å². The van der Waals surface area contributed by atoms with Crippen molar-refractivity contribution in [3.05, 3.63) is 5.28 Å². The van der Waals surface area contributed by atoms with Crippen molar-refractivity contribution < 1.29 is 5.11 Å². The fraction of sp³-hybridized carbons (Fsp3) is 0.769. The molecule has 0 aromatic carbocycles. The number of hydrogen-bond donors (Lipinski definition) is 2. The molecule has 2 rings (SSSR count). The minimum absolute atomic E-state index is 0.182. The summed E-state index contributed by atoms with van der Waals surface area (Å²) >= 11 is 5.96. The summed E-state index contributed by atoms with van der Waals surface area (Å²) in [5, 5.41) is 13.0. The van der Waals surface area contributed by atoms with Gasteiger partial charge in [-0.1, -0.05) is 13.8 Å². The van der Waals surface area contributed by atoms with E-state index in [1.165, 1.54) is 6.42 Å². The fourth-order valence-corrected chi connectivity index (χ4v) is 2.24. The molecule has 1 fully saturated rings. The average molecular weight is 300 g/mol. The van der Waals surface area contributed by atoms with Gasteiger partial charge in [0.05, 0.1) is 6.10 Å². The van der Waals surface area contributed by atoms with Crippen molar-refractivity contribution >= 4 is 23.5 Å². The molecule has 0 saturated carbocycles. The van der Waals surface area contributed by atoms with Crippen molar-refractivity contribution in [2.75, 3.05) is 29.9 Å². The molecule has 1 aliphatic heterocycles. The number of hydrogen-bond acceptors (Lipinski definition) is 6. The summed E-state index contributed by atoms with van der Waals surface area (Å²) in [4.78, 5) is 14.8. The van der Waals surface area contributed by atoms with Crippen molar-refractivity contribution in [1.82, 2.24) is 15.0 Å². The van der Waals surface area contributed by atoms with Crippen LogP contribution in [0.3, 0.4) is 0 Å². The SMILES string of the molecule is CC(C)C(O)CNc1nc(Cl)nc(N2CCCCC2)n1. The molecule has 1 unspecified atom stereocenters. The molecular weight excluding hydrogens is 278 g/mol. The average Bonchev–Trinajstić information content (AvgIpc) is 2.45. The Morgan fingerprint density at radius 2 is 1.90 bits per heavy atom. The number of nitrogens with one attached hydrogen (secondary N) is 1. The van der Waals surface area contributed by atoms with Crippen LogP contribution in [-0.2, 0) is 0 Å². The molecule has 0 aliphatic carbocycles. The summed E-state index contributed by atoms with van der Waals surface area (Å²) in [6.45, 7) is 6.23. The maximum absolute atomic E-state index is 9.80. The predicted molar refractivity (Wildman–Crippen MR) is 80.2 cm³/mol. The van der Waals surface area contributed by atoms with Gasteiger partial charge >= 0.3 is 0 Å². The first kappa shape index (κ1) is 15.3. The number of halogens is 1. The van der Waals surface area contributed by atoms with Crippen molar-refractivity contribution in [3.63, 3.8) is 0 Å². The topological polar surface area (TPSA) is 74.2 Å². The third-order valence-corrected chi connectivity index (χ3v) is 3.64. The third kappa shape index (κ3) is 4.18. The summed E-state index contributed by atoms with van der Waals surface area (Å²) in [6, 6.07) is 0. The number of nitrogens with zero attached hydrogens (tertiary/aromatic N) is 4. The van der Waals surface area contributed by atoms with E-state index in [-0.39, 0.29) is 11.2 Å². The molecule has 6 nitrogen and oxygen atoms in total. The Morgan fingerprint density at radius 1 is 1.20 bits per heavy atom. The molecule has 2 N–H and O–H groups in total. The molecular formula is C13H22ClN5O.